The molecule has 2 fully saturated rings. The fourth-order valence-corrected chi connectivity index (χ4v) is 5.14. The van der Waals surface area contributed by atoms with Gasteiger partial charge in [0.05, 0.1) is 10.6 Å². The summed E-state index contributed by atoms with van der Waals surface area (Å²) in [5, 5.41) is 3.14. The zero-order valence-electron chi connectivity index (χ0n) is 15.7. The van der Waals surface area contributed by atoms with Crippen LogP contribution in [0.1, 0.15) is 19.3 Å². The summed E-state index contributed by atoms with van der Waals surface area (Å²) in [5.74, 6) is -1.56. The smallest absolute Gasteiger partial charge is 0.230 e. The van der Waals surface area contributed by atoms with Crippen molar-refractivity contribution in [3.63, 3.8) is 0 Å². The maximum Gasteiger partial charge on any atom is 0.230 e. The van der Waals surface area contributed by atoms with Gasteiger partial charge in [-0.15, -0.1) is 6.58 Å². The third-order valence-electron chi connectivity index (χ3n) is 5.62. The molecule has 2 saturated heterocycles. The topological polar surface area (TPSA) is 48.5 Å². The molecular formula is C20H24F2N4OS. The van der Waals surface area contributed by atoms with Crippen LogP contribution in [-0.2, 0) is 4.79 Å². The van der Waals surface area contributed by atoms with Crippen molar-refractivity contribution < 1.29 is 13.6 Å². The van der Waals surface area contributed by atoms with Gasteiger partial charge in [-0.1, -0.05) is 17.4 Å². The Labute approximate surface area is 167 Å². The van der Waals surface area contributed by atoms with Gasteiger partial charge in [-0.05, 0) is 31.9 Å². The number of carbonyl (C=O) groups is 1. The minimum Gasteiger partial charge on any atom is -0.302 e. The van der Waals surface area contributed by atoms with Crippen LogP contribution in [-0.4, -0.2) is 59.5 Å². The lowest BCUT2D eigenvalue weighted by Gasteiger charge is -2.36. The van der Waals surface area contributed by atoms with Crippen molar-refractivity contribution >= 4 is 32.6 Å². The molecule has 2 unspecified atom stereocenters. The molecule has 0 bridgehead atoms. The van der Waals surface area contributed by atoms with Crippen molar-refractivity contribution in [2.45, 2.75) is 25.3 Å². The summed E-state index contributed by atoms with van der Waals surface area (Å²) in [4.78, 5) is 21.7. The molecule has 2 aliphatic heterocycles. The quantitative estimate of drug-likeness (QED) is 0.773. The molecule has 8 heteroatoms. The minimum absolute atomic E-state index is 0.0921. The number of halogens is 2. The first-order valence-electron chi connectivity index (χ1n) is 9.67. The van der Waals surface area contributed by atoms with E-state index in [1.165, 1.54) is 6.07 Å². The number of carbonyl (C=O) groups excluding carboxylic acids is 1. The molecule has 3 heterocycles. The maximum absolute atomic E-state index is 13.8. The lowest BCUT2D eigenvalue weighted by Crippen LogP contribution is -2.46. The molecular weight excluding hydrogens is 382 g/mol. The zero-order valence-corrected chi connectivity index (χ0v) is 16.5. The molecule has 2 aliphatic rings. The Balaban J connectivity index is 1.39. The molecule has 1 N–H and O–H groups in total. The minimum atomic E-state index is -0.707. The molecule has 2 atom stereocenters. The van der Waals surface area contributed by atoms with Crippen LogP contribution in [0.25, 0.3) is 10.2 Å². The van der Waals surface area contributed by atoms with Gasteiger partial charge in [0.1, 0.15) is 11.3 Å². The van der Waals surface area contributed by atoms with E-state index in [1.54, 1.807) is 0 Å². The number of hydrogen-bond donors (Lipinski definition) is 1. The van der Waals surface area contributed by atoms with Gasteiger partial charge in [0.15, 0.2) is 10.9 Å². The highest BCUT2D eigenvalue weighted by Gasteiger charge is 2.33. The van der Waals surface area contributed by atoms with E-state index in [0.29, 0.717) is 15.9 Å². The molecule has 0 aliphatic carbocycles. The van der Waals surface area contributed by atoms with Gasteiger partial charge < -0.3 is 5.32 Å². The highest BCUT2D eigenvalue weighted by molar-refractivity contribution is 7.22. The average Bonchev–Trinajstić information content (AvgIpc) is 3.29. The van der Waals surface area contributed by atoms with Gasteiger partial charge >= 0.3 is 0 Å². The first-order valence-corrected chi connectivity index (χ1v) is 10.5. The second-order valence-electron chi connectivity index (χ2n) is 7.57. The van der Waals surface area contributed by atoms with Crippen molar-refractivity contribution in [2.24, 2.45) is 5.92 Å². The van der Waals surface area contributed by atoms with E-state index in [2.05, 4.69) is 26.7 Å². The molecule has 1 amide bonds. The van der Waals surface area contributed by atoms with Crippen molar-refractivity contribution in [3.8, 4) is 0 Å². The lowest BCUT2D eigenvalue weighted by atomic mass is 9.95. The number of hydrogen-bond acceptors (Lipinski definition) is 5. The van der Waals surface area contributed by atoms with E-state index in [-0.39, 0.29) is 17.3 Å². The maximum atomic E-state index is 13.8. The highest BCUT2D eigenvalue weighted by Crippen LogP contribution is 2.30. The Hall–Kier alpha value is -1.90. The van der Waals surface area contributed by atoms with Crippen molar-refractivity contribution in [3.05, 3.63) is 36.4 Å². The second-order valence-corrected chi connectivity index (χ2v) is 8.60. The van der Waals surface area contributed by atoms with Gasteiger partial charge in [-0.3, -0.25) is 14.6 Å². The number of aromatic nitrogens is 1. The Morgan fingerprint density at radius 2 is 2.18 bits per heavy atom. The standard InChI is InChI=1S/C20H24F2N4OS/c1-2-6-25-8-5-15(12-25)26-7-3-4-13(11-26)19(27)24-20-23-18-16(22)9-14(21)10-17(18)28-20/h2,9-10,13,15H,1,3-8,11-12H2,(H,23,24,27). The zero-order chi connectivity index (χ0) is 19.7. The van der Waals surface area contributed by atoms with Gasteiger partial charge in [-0.25, -0.2) is 13.8 Å². The lowest BCUT2D eigenvalue weighted by molar-refractivity contribution is -0.121. The largest absolute Gasteiger partial charge is 0.302 e. The number of benzene rings is 1. The van der Waals surface area contributed by atoms with Gasteiger partial charge in [0, 0.05) is 38.3 Å². The van der Waals surface area contributed by atoms with E-state index >= 15 is 0 Å². The molecule has 2 aromatic rings. The number of nitrogens with zero attached hydrogens (tertiary/aromatic N) is 3. The highest BCUT2D eigenvalue weighted by atomic mass is 32.1. The summed E-state index contributed by atoms with van der Waals surface area (Å²) in [6.07, 6.45) is 4.86. The molecule has 1 aromatic heterocycles. The SMILES string of the molecule is C=CCN1CCC(N2CCCC(C(=O)Nc3nc4c(F)cc(F)cc4s3)C2)C1. The molecule has 150 valence electrons. The number of amides is 1. The number of likely N-dealkylation sites (tertiary alicyclic amines) is 2. The van der Waals surface area contributed by atoms with E-state index in [1.807, 2.05) is 6.08 Å². The van der Waals surface area contributed by atoms with Crippen molar-refractivity contribution in [1.29, 1.82) is 0 Å². The van der Waals surface area contributed by atoms with Crippen LogP contribution >= 0.6 is 11.3 Å². The van der Waals surface area contributed by atoms with Crippen LogP contribution in [0.15, 0.2) is 24.8 Å². The number of fused-ring (bicyclic) bond motifs is 1. The first kappa shape index (κ1) is 19.4. The Morgan fingerprint density at radius 3 is 3.00 bits per heavy atom. The van der Waals surface area contributed by atoms with Crippen LogP contribution in [0, 0.1) is 17.6 Å². The Bertz CT molecular complexity index is 886. The predicted octanol–water partition coefficient (Wildman–Crippen LogP) is 3.49. The van der Waals surface area contributed by atoms with E-state index in [4.69, 9.17) is 0 Å². The van der Waals surface area contributed by atoms with Crippen LogP contribution in [0.5, 0.6) is 0 Å². The van der Waals surface area contributed by atoms with Crippen LogP contribution < -0.4 is 5.32 Å². The average molecular weight is 407 g/mol. The number of piperidine rings is 1. The fourth-order valence-electron chi connectivity index (χ4n) is 4.23. The van der Waals surface area contributed by atoms with E-state index in [9.17, 15) is 13.6 Å². The monoisotopic (exact) mass is 406 g/mol. The number of nitrogens with one attached hydrogen (secondary N) is 1. The van der Waals surface area contributed by atoms with Crippen molar-refractivity contribution in [2.75, 3.05) is 38.0 Å². The number of anilines is 1. The van der Waals surface area contributed by atoms with Crippen LogP contribution in [0.4, 0.5) is 13.9 Å². The Morgan fingerprint density at radius 1 is 1.32 bits per heavy atom. The Kier molecular flexibility index (Phi) is 5.70. The normalized spacial score (nSPS) is 23.9. The van der Waals surface area contributed by atoms with E-state index < -0.39 is 11.6 Å². The second kappa shape index (κ2) is 8.23. The summed E-state index contributed by atoms with van der Waals surface area (Å²) in [6, 6.07) is 2.53. The van der Waals surface area contributed by atoms with Crippen molar-refractivity contribution in [1.82, 2.24) is 14.8 Å². The number of rotatable bonds is 5. The first-order chi connectivity index (χ1) is 13.5. The van der Waals surface area contributed by atoms with Gasteiger partial charge in [-0.2, -0.15) is 0 Å². The molecule has 1 aromatic carbocycles. The number of thiazole rings is 1. The molecule has 4 rings (SSSR count). The molecule has 28 heavy (non-hydrogen) atoms. The summed E-state index contributed by atoms with van der Waals surface area (Å²) < 4.78 is 27.6. The fraction of sp³-hybridized carbons (Fsp3) is 0.500. The van der Waals surface area contributed by atoms with E-state index in [0.717, 1.165) is 69.4 Å². The third-order valence-corrected chi connectivity index (χ3v) is 6.54. The summed E-state index contributed by atoms with van der Waals surface area (Å²) in [7, 11) is 0. The molecule has 0 spiro atoms. The summed E-state index contributed by atoms with van der Waals surface area (Å²) in [6.45, 7) is 8.54. The van der Waals surface area contributed by atoms with Crippen LogP contribution in [0.2, 0.25) is 0 Å². The molecule has 5 nitrogen and oxygen atoms in total. The van der Waals surface area contributed by atoms with Gasteiger partial charge in [0.2, 0.25) is 5.91 Å². The summed E-state index contributed by atoms with van der Waals surface area (Å²) in [5.41, 5.74) is 0.0974. The molecule has 0 saturated carbocycles. The predicted molar refractivity (Wildman–Crippen MR) is 108 cm³/mol. The third kappa shape index (κ3) is 4.09. The molecule has 0 radical (unpaired) electrons. The summed E-state index contributed by atoms with van der Waals surface area (Å²) >= 11 is 1.10. The van der Waals surface area contributed by atoms with Gasteiger partial charge in [0.25, 0.3) is 0 Å². The van der Waals surface area contributed by atoms with Crippen LogP contribution in [0.3, 0.4) is 0 Å².